The van der Waals surface area contributed by atoms with Crippen LogP contribution in [0.4, 0.5) is 5.69 Å². The van der Waals surface area contributed by atoms with Crippen LogP contribution in [0.5, 0.6) is 11.8 Å². The van der Waals surface area contributed by atoms with Crippen LogP contribution in [-0.2, 0) is 6.42 Å². The van der Waals surface area contributed by atoms with Crippen molar-refractivity contribution >= 4 is 17.9 Å². The molecule has 0 N–H and O–H groups in total. The first-order valence-electron chi connectivity index (χ1n) is 6.69. The number of aryl methyl sites for hydroxylation is 2. The highest BCUT2D eigenvalue weighted by molar-refractivity contribution is 6.73. The van der Waals surface area contributed by atoms with Crippen molar-refractivity contribution in [3.8, 4) is 11.8 Å². The Balaban J connectivity index is 1.85. The number of nitrogens with zero attached hydrogens (tertiary/aromatic N) is 3. The Hall–Kier alpha value is -2.35. The van der Waals surface area contributed by atoms with Crippen molar-refractivity contribution < 1.29 is 4.74 Å². The lowest BCUT2D eigenvalue weighted by Crippen LogP contribution is -2.21. The van der Waals surface area contributed by atoms with Crippen LogP contribution in [0, 0.1) is 13.5 Å². The highest BCUT2D eigenvalue weighted by Gasteiger charge is 2.21. The Morgan fingerprint density at radius 2 is 2.25 bits per heavy atom. The molecule has 0 radical (unpaired) electrons. The SMILES string of the molecule is [C-]#[N+]c1cnc(Oc2ccc3c(c2)CCB3C)nc1C. The highest BCUT2D eigenvalue weighted by Crippen LogP contribution is 2.24. The lowest BCUT2D eigenvalue weighted by molar-refractivity contribution is 0.440. The fraction of sp³-hybridized carbons (Fsp3) is 0.267. The molecule has 98 valence electrons. The number of fused-ring (bicyclic) bond motifs is 1. The van der Waals surface area contributed by atoms with Crippen molar-refractivity contribution in [1.29, 1.82) is 0 Å². The van der Waals surface area contributed by atoms with E-state index in [4.69, 9.17) is 11.3 Å². The van der Waals surface area contributed by atoms with E-state index < -0.39 is 0 Å². The van der Waals surface area contributed by atoms with Gasteiger partial charge in [-0.15, -0.1) is 0 Å². The molecule has 0 saturated heterocycles. The van der Waals surface area contributed by atoms with Gasteiger partial charge in [0.25, 0.3) is 0 Å². The maximum atomic E-state index is 6.98. The number of rotatable bonds is 2. The summed E-state index contributed by atoms with van der Waals surface area (Å²) in [5.41, 5.74) is 3.86. The largest absolute Gasteiger partial charge is 0.424 e. The van der Waals surface area contributed by atoms with Crippen molar-refractivity contribution in [2.75, 3.05) is 0 Å². The molecule has 4 nitrogen and oxygen atoms in total. The monoisotopic (exact) mass is 263 g/mol. The Kier molecular flexibility index (Phi) is 3.15. The Labute approximate surface area is 118 Å². The third-order valence-corrected chi connectivity index (χ3v) is 3.75. The Morgan fingerprint density at radius 1 is 1.40 bits per heavy atom. The van der Waals surface area contributed by atoms with Crippen LogP contribution in [0.3, 0.4) is 0 Å². The second-order valence-electron chi connectivity index (χ2n) is 5.14. The minimum absolute atomic E-state index is 0.292. The third kappa shape index (κ3) is 2.25. The lowest BCUT2D eigenvalue weighted by Gasteiger charge is -2.08. The standard InChI is InChI=1S/C15H14BN3O/c1-10-14(17-3)9-18-15(19-10)20-12-4-5-13-11(8-12)6-7-16(13)2/h4-5,8-9H,6-7H2,1-2H3. The second kappa shape index (κ2) is 4.97. The van der Waals surface area contributed by atoms with Gasteiger partial charge in [-0.2, -0.15) is 0 Å². The van der Waals surface area contributed by atoms with Gasteiger partial charge in [-0.25, -0.2) is 14.8 Å². The van der Waals surface area contributed by atoms with Crippen molar-refractivity contribution in [3.63, 3.8) is 0 Å². The summed E-state index contributed by atoms with van der Waals surface area (Å²) < 4.78 is 5.69. The summed E-state index contributed by atoms with van der Waals surface area (Å²) in [6, 6.07) is 6.45. The van der Waals surface area contributed by atoms with Crippen molar-refractivity contribution in [1.82, 2.24) is 9.97 Å². The summed E-state index contributed by atoms with van der Waals surface area (Å²) in [4.78, 5) is 11.6. The molecular formula is C15H14BN3O. The fourth-order valence-corrected chi connectivity index (χ4v) is 2.57. The number of benzene rings is 1. The van der Waals surface area contributed by atoms with Gasteiger partial charge in [0.1, 0.15) is 5.75 Å². The maximum absolute atomic E-state index is 6.98. The predicted molar refractivity (Wildman–Crippen MR) is 79.3 cm³/mol. The summed E-state index contributed by atoms with van der Waals surface area (Å²) in [5, 5.41) is 0. The maximum Gasteiger partial charge on any atom is 0.319 e. The molecule has 0 unspecified atom stereocenters. The van der Waals surface area contributed by atoms with Crippen LogP contribution in [0.2, 0.25) is 13.1 Å². The van der Waals surface area contributed by atoms with Gasteiger partial charge in [-0.3, -0.25) is 0 Å². The van der Waals surface area contributed by atoms with Crippen LogP contribution >= 0.6 is 0 Å². The second-order valence-corrected chi connectivity index (χ2v) is 5.14. The molecule has 1 aliphatic rings. The summed E-state index contributed by atoms with van der Waals surface area (Å²) in [5.74, 6) is 0.757. The van der Waals surface area contributed by atoms with Crippen LogP contribution in [0.15, 0.2) is 24.4 Å². The lowest BCUT2D eigenvalue weighted by atomic mass is 9.48. The van der Waals surface area contributed by atoms with Crippen LogP contribution < -0.4 is 10.2 Å². The van der Waals surface area contributed by atoms with Crippen LogP contribution in [0.1, 0.15) is 11.3 Å². The van der Waals surface area contributed by atoms with Crippen LogP contribution in [0.25, 0.3) is 4.85 Å². The first-order valence-corrected chi connectivity index (χ1v) is 6.69. The Morgan fingerprint density at radius 3 is 3.00 bits per heavy atom. The molecule has 3 rings (SSSR count). The van der Waals surface area contributed by atoms with Gasteiger partial charge in [-0.1, -0.05) is 30.2 Å². The number of aromatic nitrogens is 2. The molecule has 0 saturated carbocycles. The number of hydrogen-bond donors (Lipinski definition) is 0. The molecule has 2 aromatic rings. The third-order valence-electron chi connectivity index (χ3n) is 3.75. The zero-order chi connectivity index (χ0) is 14.1. The van der Waals surface area contributed by atoms with E-state index in [1.165, 1.54) is 23.5 Å². The van der Waals surface area contributed by atoms with Crippen molar-refractivity contribution in [2.24, 2.45) is 0 Å². The van der Waals surface area contributed by atoms with Crippen molar-refractivity contribution in [2.45, 2.75) is 26.5 Å². The molecule has 1 aromatic carbocycles. The minimum atomic E-state index is 0.292. The quantitative estimate of drug-likeness (QED) is 0.617. The minimum Gasteiger partial charge on any atom is -0.424 e. The van der Waals surface area contributed by atoms with Gasteiger partial charge in [0.2, 0.25) is 5.69 Å². The molecule has 0 bridgehead atoms. The molecule has 0 atom stereocenters. The molecule has 20 heavy (non-hydrogen) atoms. The molecule has 0 aliphatic carbocycles. The number of ether oxygens (including phenoxy) is 1. The van der Waals surface area contributed by atoms with Gasteiger partial charge < -0.3 is 4.74 Å². The zero-order valence-electron chi connectivity index (χ0n) is 11.6. The summed E-state index contributed by atoms with van der Waals surface area (Å²) in [7, 11) is 0. The zero-order valence-corrected chi connectivity index (χ0v) is 11.6. The van der Waals surface area contributed by atoms with Gasteiger partial charge in [0.05, 0.1) is 12.3 Å². The molecule has 1 aliphatic heterocycles. The molecular weight excluding hydrogens is 249 g/mol. The van der Waals surface area contributed by atoms with Crippen LogP contribution in [-0.4, -0.2) is 16.7 Å². The van der Waals surface area contributed by atoms with E-state index in [1.54, 1.807) is 6.92 Å². The topological polar surface area (TPSA) is 39.4 Å². The van der Waals surface area contributed by atoms with Gasteiger partial charge in [-0.05, 0) is 25.5 Å². The summed E-state index contributed by atoms with van der Waals surface area (Å²) in [6.45, 7) is 11.7. The molecule has 0 amide bonds. The molecule has 1 aromatic heterocycles. The van der Waals surface area contributed by atoms with E-state index >= 15 is 0 Å². The normalized spacial score (nSPS) is 12.9. The Bertz CT molecular complexity index is 709. The van der Waals surface area contributed by atoms with E-state index in [2.05, 4.69) is 33.8 Å². The molecule has 0 fully saturated rings. The summed E-state index contributed by atoms with van der Waals surface area (Å²) in [6.07, 6.45) is 3.80. The predicted octanol–water partition coefficient (Wildman–Crippen LogP) is 3.02. The van der Waals surface area contributed by atoms with Crippen molar-refractivity contribution in [3.05, 3.63) is 47.1 Å². The first kappa shape index (κ1) is 12.7. The van der Waals surface area contributed by atoms with E-state index in [0.29, 0.717) is 24.1 Å². The van der Waals surface area contributed by atoms with E-state index in [1.807, 2.05) is 6.07 Å². The fourth-order valence-electron chi connectivity index (χ4n) is 2.57. The van der Waals surface area contributed by atoms with Gasteiger partial charge in [0.15, 0.2) is 6.71 Å². The van der Waals surface area contributed by atoms with E-state index in [0.717, 1.165) is 12.2 Å². The average molecular weight is 263 g/mol. The molecule has 5 heteroatoms. The molecule has 0 spiro atoms. The molecule has 2 heterocycles. The van der Waals surface area contributed by atoms with Gasteiger partial charge in [0, 0.05) is 6.20 Å². The van der Waals surface area contributed by atoms with Gasteiger partial charge >= 0.3 is 6.01 Å². The number of hydrogen-bond acceptors (Lipinski definition) is 3. The van der Waals surface area contributed by atoms with E-state index in [9.17, 15) is 0 Å². The first-order chi connectivity index (χ1) is 9.67. The smallest absolute Gasteiger partial charge is 0.319 e. The highest BCUT2D eigenvalue weighted by atomic mass is 16.5. The average Bonchev–Trinajstić information content (AvgIpc) is 2.80. The summed E-state index contributed by atoms with van der Waals surface area (Å²) >= 11 is 0. The van der Waals surface area contributed by atoms with E-state index in [-0.39, 0.29) is 0 Å².